The Bertz CT molecular complexity index is 565. The maximum Gasteiger partial charge on any atom is 0.0867 e. The molecule has 0 spiro atoms. The molecule has 0 aliphatic rings. The molecule has 0 aromatic heterocycles. The summed E-state index contributed by atoms with van der Waals surface area (Å²) in [6, 6.07) is 15.2. The first-order valence-corrected chi connectivity index (χ1v) is 7.99. The Balaban J connectivity index is 1.72. The van der Waals surface area contributed by atoms with Crippen LogP contribution in [0.25, 0.3) is 0 Å². The molecule has 0 saturated carbocycles. The Morgan fingerprint density at radius 1 is 1.19 bits per heavy atom. The first-order valence-electron chi connectivity index (χ1n) is 6.62. The molecule has 0 bridgehead atoms. The Kier molecular flexibility index (Phi) is 6.39. The van der Waals surface area contributed by atoms with Crippen LogP contribution in [0.1, 0.15) is 5.56 Å². The van der Waals surface area contributed by atoms with E-state index in [0.717, 1.165) is 10.5 Å². The number of aliphatic hydroxyl groups excluding tert-OH is 1. The second-order valence-corrected chi connectivity index (χ2v) is 6.12. The summed E-state index contributed by atoms with van der Waals surface area (Å²) in [5.74, 6) is 0.512. The van der Waals surface area contributed by atoms with Crippen LogP contribution in [0.5, 0.6) is 0 Å². The summed E-state index contributed by atoms with van der Waals surface area (Å²) in [5.41, 5.74) is 7.48. The fourth-order valence-electron chi connectivity index (χ4n) is 1.75. The molecule has 0 amide bonds. The van der Waals surface area contributed by atoms with Gasteiger partial charge in [-0.2, -0.15) is 0 Å². The van der Waals surface area contributed by atoms with Gasteiger partial charge in [0, 0.05) is 16.3 Å². The normalized spacial score (nSPS) is 12.3. The molecule has 0 radical (unpaired) electrons. The molecule has 112 valence electrons. The van der Waals surface area contributed by atoms with E-state index in [1.54, 1.807) is 12.1 Å². The predicted octanol–water partition coefficient (Wildman–Crippen LogP) is 3.59. The molecular weight excluding hydrogens is 306 g/mol. The van der Waals surface area contributed by atoms with Gasteiger partial charge < -0.3 is 15.6 Å². The van der Waals surface area contributed by atoms with Gasteiger partial charge in [0.25, 0.3) is 0 Å². The van der Waals surface area contributed by atoms with Crippen LogP contribution in [0.4, 0.5) is 5.69 Å². The van der Waals surface area contributed by atoms with Gasteiger partial charge in [-0.3, -0.25) is 0 Å². The summed E-state index contributed by atoms with van der Waals surface area (Å²) in [5, 5.41) is 10.6. The topological polar surface area (TPSA) is 55.5 Å². The molecule has 3 nitrogen and oxygen atoms in total. The number of hydrogen-bond donors (Lipinski definition) is 2. The van der Waals surface area contributed by atoms with Crippen molar-refractivity contribution < 1.29 is 9.84 Å². The quantitative estimate of drug-likeness (QED) is 0.604. The number of anilines is 1. The lowest BCUT2D eigenvalue weighted by molar-refractivity contribution is 0.0398. The van der Waals surface area contributed by atoms with E-state index in [9.17, 15) is 5.11 Å². The Labute approximate surface area is 134 Å². The summed E-state index contributed by atoms with van der Waals surface area (Å²) in [6.45, 7) is 0.795. The fourth-order valence-corrected chi connectivity index (χ4v) is 2.93. The molecule has 3 N–H and O–H groups in total. The summed E-state index contributed by atoms with van der Waals surface area (Å²) in [4.78, 5) is 0.874. The summed E-state index contributed by atoms with van der Waals surface area (Å²) < 4.78 is 5.50. The highest BCUT2D eigenvalue weighted by Gasteiger charge is 2.08. The third-order valence-corrected chi connectivity index (χ3v) is 4.45. The maximum atomic E-state index is 9.93. The minimum Gasteiger partial charge on any atom is -0.399 e. The number of halogens is 1. The fraction of sp³-hybridized carbons (Fsp3) is 0.250. The standard InChI is InChI=1S/C16H18ClNO2S/c17-15-7-6-13(18)8-16(15)21-11-14(19)10-20-9-12-4-2-1-3-5-12/h1-8,14,19H,9-11,18H2. The molecular formula is C16H18ClNO2S. The van der Waals surface area contributed by atoms with Crippen LogP contribution < -0.4 is 5.73 Å². The molecule has 21 heavy (non-hydrogen) atoms. The number of nitrogen functional groups attached to an aromatic ring is 1. The zero-order chi connectivity index (χ0) is 15.1. The summed E-state index contributed by atoms with van der Waals surface area (Å²) >= 11 is 7.55. The first kappa shape index (κ1) is 16.2. The third-order valence-electron chi connectivity index (χ3n) is 2.81. The number of benzene rings is 2. The van der Waals surface area contributed by atoms with Crippen molar-refractivity contribution in [3.05, 3.63) is 59.1 Å². The Hall–Kier alpha value is -1.20. The highest BCUT2D eigenvalue weighted by atomic mass is 35.5. The van der Waals surface area contributed by atoms with Crippen molar-refractivity contribution in [2.24, 2.45) is 0 Å². The molecule has 2 aromatic rings. The first-order chi connectivity index (χ1) is 10.1. The third kappa shape index (κ3) is 5.59. The molecule has 0 fully saturated rings. The van der Waals surface area contributed by atoms with Gasteiger partial charge in [0.2, 0.25) is 0 Å². The highest BCUT2D eigenvalue weighted by molar-refractivity contribution is 7.99. The monoisotopic (exact) mass is 323 g/mol. The van der Waals surface area contributed by atoms with Crippen LogP contribution >= 0.6 is 23.4 Å². The van der Waals surface area contributed by atoms with E-state index < -0.39 is 6.10 Å². The van der Waals surface area contributed by atoms with Crippen molar-refractivity contribution >= 4 is 29.1 Å². The van der Waals surface area contributed by atoms with Gasteiger partial charge in [-0.15, -0.1) is 11.8 Å². The van der Waals surface area contributed by atoms with E-state index in [1.807, 2.05) is 36.4 Å². The molecule has 5 heteroatoms. The summed E-state index contributed by atoms with van der Waals surface area (Å²) in [7, 11) is 0. The van der Waals surface area contributed by atoms with Gasteiger partial charge in [-0.25, -0.2) is 0 Å². The van der Waals surface area contributed by atoms with Crippen LogP contribution in [-0.2, 0) is 11.3 Å². The van der Waals surface area contributed by atoms with Gasteiger partial charge in [-0.1, -0.05) is 41.9 Å². The van der Waals surface area contributed by atoms with Crippen molar-refractivity contribution in [1.82, 2.24) is 0 Å². The zero-order valence-electron chi connectivity index (χ0n) is 11.5. The van der Waals surface area contributed by atoms with Crippen molar-refractivity contribution in [1.29, 1.82) is 0 Å². The van der Waals surface area contributed by atoms with E-state index in [0.29, 0.717) is 29.7 Å². The van der Waals surface area contributed by atoms with E-state index >= 15 is 0 Å². The smallest absolute Gasteiger partial charge is 0.0867 e. The van der Waals surface area contributed by atoms with Gasteiger partial charge in [-0.05, 0) is 23.8 Å². The lowest BCUT2D eigenvalue weighted by Crippen LogP contribution is -2.17. The van der Waals surface area contributed by atoms with Gasteiger partial charge in [0.05, 0.1) is 24.3 Å². The van der Waals surface area contributed by atoms with Gasteiger partial charge in [0.15, 0.2) is 0 Å². The molecule has 0 heterocycles. The number of thioether (sulfide) groups is 1. The minimum absolute atomic E-state index is 0.293. The SMILES string of the molecule is Nc1ccc(Cl)c(SCC(O)COCc2ccccc2)c1. The number of rotatable bonds is 7. The lowest BCUT2D eigenvalue weighted by Gasteiger charge is -2.12. The largest absolute Gasteiger partial charge is 0.399 e. The average molecular weight is 324 g/mol. The van der Waals surface area contributed by atoms with Crippen molar-refractivity contribution in [3.8, 4) is 0 Å². The highest BCUT2D eigenvalue weighted by Crippen LogP contribution is 2.29. The Morgan fingerprint density at radius 2 is 1.95 bits per heavy atom. The number of ether oxygens (including phenoxy) is 1. The van der Waals surface area contributed by atoms with Crippen LogP contribution in [0.3, 0.4) is 0 Å². The predicted molar refractivity (Wildman–Crippen MR) is 88.7 cm³/mol. The van der Waals surface area contributed by atoms with Crippen LogP contribution in [0.15, 0.2) is 53.4 Å². The van der Waals surface area contributed by atoms with Gasteiger partial charge in [0.1, 0.15) is 0 Å². The second kappa shape index (κ2) is 8.29. The number of aliphatic hydroxyl groups is 1. The lowest BCUT2D eigenvalue weighted by atomic mass is 10.2. The molecule has 0 saturated heterocycles. The van der Waals surface area contributed by atoms with Gasteiger partial charge >= 0.3 is 0 Å². The van der Waals surface area contributed by atoms with Crippen molar-refractivity contribution in [2.45, 2.75) is 17.6 Å². The van der Waals surface area contributed by atoms with Crippen LogP contribution in [-0.4, -0.2) is 23.6 Å². The van der Waals surface area contributed by atoms with E-state index in [1.165, 1.54) is 11.8 Å². The molecule has 2 aromatic carbocycles. The van der Waals surface area contributed by atoms with E-state index in [4.69, 9.17) is 22.1 Å². The number of hydrogen-bond acceptors (Lipinski definition) is 4. The molecule has 0 aliphatic heterocycles. The van der Waals surface area contributed by atoms with Crippen molar-refractivity contribution in [2.75, 3.05) is 18.1 Å². The second-order valence-electron chi connectivity index (χ2n) is 4.66. The molecule has 2 rings (SSSR count). The minimum atomic E-state index is -0.545. The van der Waals surface area contributed by atoms with E-state index in [2.05, 4.69) is 0 Å². The number of nitrogens with two attached hydrogens (primary N) is 1. The van der Waals surface area contributed by atoms with Crippen LogP contribution in [0, 0.1) is 0 Å². The maximum absolute atomic E-state index is 9.93. The average Bonchev–Trinajstić information content (AvgIpc) is 2.49. The summed E-state index contributed by atoms with van der Waals surface area (Å²) in [6.07, 6.45) is -0.545. The molecule has 0 aliphatic carbocycles. The zero-order valence-corrected chi connectivity index (χ0v) is 13.1. The molecule has 1 unspecified atom stereocenters. The molecule has 1 atom stereocenters. The Morgan fingerprint density at radius 3 is 2.71 bits per heavy atom. The van der Waals surface area contributed by atoms with Crippen LogP contribution in [0.2, 0.25) is 5.02 Å². The van der Waals surface area contributed by atoms with Crippen molar-refractivity contribution in [3.63, 3.8) is 0 Å². The van der Waals surface area contributed by atoms with E-state index in [-0.39, 0.29) is 0 Å².